The Morgan fingerprint density at radius 3 is 2.20 bits per heavy atom. The lowest BCUT2D eigenvalue weighted by Crippen LogP contribution is -2.39. The van der Waals surface area contributed by atoms with Crippen molar-refractivity contribution in [2.45, 2.75) is 31.3 Å². The van der Waals surface area contributed by atoms with Crippen molar-refractivity contribution in [2.24, 2.45) is 0 Å². The second-order valence-corrected chi connectivity index (χ2v) is 6.74. The topological polar surface area (TPSA) is 70.2 Å². The van der Waals surface area contributed by atoms with E-state index in [0.29, 0.717) is 12.1 Å². The van der Waals surface area contributed by atoms with Gasteiger partial charge in [0.25, 0.3) is 5.91 Å². The van der Waals surface area contributed by atoms with Crippen molar-refractivity contribution in [3.8, 4) is 0 Å². The minimum atomic E-state index is -0.203. The van der Waals surface area contributed by atoms with Gasteiger partial charge in [0.15, 0.2) is 0 Å². The van der Waals surface area contributed by atoms with Gasteiger partial charge in [0, 0.05) is 28.7 Å². The number of urea groups is 1. The minimum Gasteiger partial charge on any atom is -0.336 e. The molecule has 5 nitrogen and oxygen atoms in total. The number of hydrogen-bond acceptors (Lipinski definition) is 3. The lowest BCUT2D eigenvalue weighted by atomic mass is 10.1. The van der Waals surface area contributed by atoms with Gasteiger partial charge in [0.1, 0.15) is 0 Å². The van der Waals surface area contributed by atoms with Gasteiger partial charge in [-0.05, 0) is 62.1 Å². The maximum absolute atomic E-state index is 12.3. The summed E-state index contributed by atoms with van der Waals surface area (Å²) < 4.78 is 0. The highest BCUT2D eigenvalue weighted by molar-refractivity contribution is 7.98. The molecule has 132 valence electrons. The Kier molecular flexibility index (Phi) is 6.89. The molecule has 0 unspecified atom stereocenters. The molecule has 0 spiro atoms. The predicted molar refractivity (Wildman–Crippen MR) is 103 cm³/mol. The first kappa shape index (κ1) is 18.9. The second kappa shape index (κ2) is 9.13. The Morgan fingerprint density at radius 1 is 1.00 bits per heavy atom. The third kappa shape index (κ3) is 6.15. The van der Waals surface area contributed by atoms with Crippen LogP contribution in [0, 0.1) is 0 Å². The minimum absolute atomic E-state index is 0.0936. The van der Waals surface area contributed by atoms with E-state index in [2.05, 4.69) is 16.0 Å². The highest BCUT2D eigenvalue weighted by Crippen LogP contribution is 2.18. The Hall–Kier alpha value is -2.47. The van der Waals surface area contributed by atoms with Crippen molar-refractivity contribution in [3.63, 3.8) is 0 Å². The van der Waals surface area contributed by atoms with Gasteiger partial charge < -0.3 is 16.0 Å². The number of nitrogens with one attached hydrogen (secondary N) is 3. The maximum Gasteiger partial charge on any atom is 0.315 e. The van der Waals surface area contributed by atoms with E-state index in [1.54, 1.807) is 23.9 Å². The highest BCUT2D eigenvalue weighted by Gasteiger charge is 2.07. The largest absolute Gasteiger partial charge is 0.336 e. The average Bonchev–Trinajstić information content (AvgIpc) is 2.60. The molecule has 3 amide bonds. The monoisotopic (exact) mass is 357 g/mol. The van der Waals surface area contributed by atoms with E-state index in [1.165, 1.54) is 0 Å². The quantitative estimate of drug-likeness (QED) is 0.687. The van der Waals surface area contributed by atoms with Crippen molar-refractivity contribution in [2.75, 3.05) is 11.6 Å². The number of carbonyl (C=O) groups is 2. The van der Waals surface area contributed by atoms with Gasteiger partial charge in [-0.15, -0.1) is 11.8 Å². The summed E-state index contributed by atoms with van der Waals surface area (Å²) in [4.78, 5) is 25.0. The molecule has 25 heavy (non-hydrogen) atoms. The fourth-order valence-electron chi connectivity index (χ4n) is 2.15. The highest BCUT2D eigenvalue weighted by atomic mass is 32.2. The van der Waals surface area contributed by atoms with E-state index >= 15 is 0 Å². The van der Waals surface area contributed by atoms with Crippen LogP contribution in [0.2, 0.25) is 0 Å². The molecule has 3 N–H and O–H groups in total. The normalized spacial score (nSPS) is 10.4. The van der Waals surface area contributed by atoms with Crippen LogP contribution in [0.4, 0.5) is 10.5 Å². The summed E-state index contributed by atoms with van der Waals surface area (Å²) in [5.41, 5.74) is 2.27. The first-order valence-corrected chi connectivity index (χ1v) is 9.29. The molecule has 2 rings (SSSR count). The van der Waals surface area contributed by atoms with E-state index < -0.39 is 0 Å². The van der Waals surface area contributed by atoms with Gasteiger partial charge in [0.05, 0.1) is 0 Å². The van der Waals surface area contributed by atoms with Crippen LogP contribution in [0.25, 0.3) is 0 Å². The van der Waals surface area contributed by atoms with E-state index in [9.17, 15) is 9.59 Å². The predicted octanol–water partition coefficient (Wildman–Crippen LogP) is 3.87. The van der Waals surface area contributed by atoms with Crippen molar-refractivity contribution >= 4 is 29.4 Å². The molecule has 0 heterocycles. The van der Waals surface area contributed by atoms with E-state index in [-0.39, 0.29) is 18.0 Å². The molecule has 2 aromatic rings. The average molecular weight is 357 g/mol. The zero-order valence-corrected chi connectivity index (χ0v) is 15.4. The van der Waals surface area contributed by atoms with Crippen LogP contribution in [0.5, 0.6) is 0 Å². The lowest BCUT2D eigenvalue weighted by Gasteiger charge is -2.10. The third-order valence-electron chi connectivity index (χ3n) is 3.44. The van der Waals surface area contributed by atoms with Crippen LogP contribution in [-0.2, 0) is 6.54 Å². The van der Waals surface area contributed by atoms with Crippen LogP contribution in [0.3, 0.4) is 0 Å². The number of hydrogen-bond donors (Lipinski definition) is 3. The molecule has 0 aliphatic heterocycles. The van der Waals surface area contributed by atoms with Crippen molar-refractivity contribution in [1.82, 2.24) is 10.6 Å². The van der Waals surface area contributed by atoms with Crippen molar-refractivity contribution in [3.05, 3.63) is 59.7 Å². The standard InChI is InChI=1S/C19H23N3O2S/c1-13(2)21-19(24)20-12-14-4-6-15(7-5-14)18(23)22-16-8-10-17(25-3)11-9-16/h4-11,13H,12H2,1-3H3,(H,22,23)(H2,20,21,24). The summed E-state index contributed by atoms with van der Waals surface area (Å²) in [6.07, 6.45) is 2.01. The van der Waals surface area contributed by atoms with Crippen LogP contribution < -0.4 is 16.0 Å². The molecule has 0 fully saturated rings. The van der Waals surface area contributed by atoms with Gasteiger partial charge in [-0.25, -0.2) is 4.79 Å². The first-order valence-electron chi connectivity index (χ1n) is 8.06. The Balaban J connectivity index is 1.89. The Morgan fingerprint density at radius 2 is 1.64 bits per heavy atom. The molecule has 0 saturated heterocycles. The number of amides is 3. The first-order chi connectivity index (χ1) is 12.0. The molecule has 0 saturated carbocycles. The fourth-order valence-corrected chi connectivity index (χ4v) is 2.56. The second-order valence-electron chi connectivity index (χ2n) is 5.86. The summed E-state index contributed by atoms with van der Waals surface area (Å²) in [6, 6.07) is 14.8. The molecule has 2 aromatic carbocycles. The number of carbonyl (C=O) groups excluding carboxylic acids is 2. The van der Waals surface area contributed by atoms with Gasteiger partial charge in [-0.2, -0.15) is 0 Å². The molecule has 0 aliphatic carbocycles. The van der Waals surface area contributed by atoms with Gasteiger partial charge in [-0.1, -0.05) is 12.1 Å². The van der Waals surface area contributed by atoms with E-state index in [4.69, 9.17) is 0 Å². The molecule has 0 aromatic heterocycles. The lowest BCUT2D eigenvalue weighted by molar-refractivity contribution is 0.102. The zero-order valence-electron chi connectivity index (χ0n) is 14.6. The van der Waals surface area contributed by atoms with Gasteiger partial charge in [-0.3, -0.25) is 4.79 Å². The third-order valence-corrected chi connectivity index (χ3v) is 4.18. The molecule has 0 atom stereocenters. The van der Waals surface area contributed by atoms with Crippen LogP contribution in [-0.4, -0.2) is 24.2 Å². The molecule has 0 radical (unpaired) electrons. The zero-order chi connectivity index (χ0) is 18.2. The van der Waals surface area contributed by atoms with Gasteiger partial charge in [0.2, 0.25) is 0 Å². The summed E-state index contributed by atoms with van der Waals surface area (Å²) >= 11 is 1.66. The van der Waals surface area contributed by atoms with Crippen molar-refractivity contribution < 1.29 is 9.59 Å². The number of benzene rings is 2. The number of anilines is 1. The molecular formula is C19H23N3O2S. The van der Waals surface area contributed by atoms with Crippen molar-refractivity contribution in [1.29, 1.82) is 0 Å². The van der Waals surface area contributed by atoms with E-state index in [0.717, 1.165) is 16.1 Å². The van der Waals surface area contributed by atoms with E-state index in [1.807, 2.05) is 56.5 Å². The maximum atomic E-state index is 12.3. The number of thioether (sulfide) groups is 1. The summed E-state index contributed by atoms with van der Waals surface area (Å²) in [6.45, 7) is 4.22. The molecule has 0 bridgehead atoms. The van der Waals surface area contributed by atoms with Gasteiger partial charge >= 0.3 is 6.03 Å². The Bertz CT molecular complexity index is 712. The molecule has 0 aliphatic rings. The SMILES string of the molecule is CSc1ccc(NC(=O)c2ccc(CNC(=O)NC(C)C)cc2)cc1. The summed E-state index contributed by atoms with van der Waals surface area (Å²) in [5.74, 6) is -0.158. The Labute approximate surface area is 152 Å². The fraction of sp³-hybridized carbons (Fsp3) is 0.263. The van der Waals surface area contributed by atoms with Crippen LogP contribution in [0.15, 0.2) is 53.4 Å². The summed E-state index contributed by atoms with van der Waals surface area (Å²) in [7, 11) is 0. The summed E-state index contributed by atoms with van der Waals surface area (Å²) in [5, 5.41) is 8.41. The smallest absolute Gasteiger partial charge is 0.315 e. The number of rotatable bonds is 6. The van der Waals surface area contributed by atoms with Crippen LogP contribution in [0.1, 0.15) is 29.8 Å². The molecular weight excluding hydrogens is 334 g/mol. The molecule has 6 heteroatoms. The van der Waals surface area contributed by atoms with Crippen LogP contribution >= 0.6 is 11.8 Å².